The van der Waals surface area contributed by atoms with Gasteiger partial charge in [-0.25, -0.2) is 0 Å². The van der Waals surface area contributed by atoms with Crippen LogP contribution in [0.3, 0.4) is 0 Å². The number of fused-ring (bicyclic) bond motifs is 1. The lowest BCUT2D eigenvalue weighted by Gasteiger charge is -2.17. The molecule has 0 aliphatic heterocycles. The lowest BCUT2D eigenvalue weighted by Crippen LogP contribution is -2.31. The van der Waals surface area contributed by atoms with Gasteiger partial charge in [-0.1, -0.05) is 26.0 Å². The summed E-state index contributed by atoms with van der Waals surface area (Å²) in [7, 11) is 0. The van der Waals surface area contributed by atoms with Crippen LogP contribution in [-0.2, 0) is 0 Å². The van der Waals surface area contributed by atoms with Crippen molar-refractivity contribution < 1.29 is 0 Å². The van der Waals surface area contributed by atoms with Crippen LogP contribution >= 0.6 is 0 Å². The fraction of sp³-hybridized carbons (Fsp3) is 0.333. The molecule has 0 N–H and O–H groups in total. The normalized spacial score (nSPS) is 24.4. The van der Waals surface area contributed by atoms with Gasteiger partial charge in [-0.15, -0.1) is 0 Å². The van der Waals surface area contributed by atoms with Gasteiger partial charge in [0.2, 0.25) is 0 Å². The van der Waals surface area contributed by atoms with E-state index in [1.165, 1.54) is 0 Å². The first-order valence-corrected chi connectivity index (χ1v) is 4.93. The fourth-order valence-corrected chi connectivity index (χ4v) is 1.54. The van der Waals surface area contributed by atoms with Crippen LogP contribution in [0, 0.1) is 5.41 Å². The maximum atomic E-state index is 4.33. The van der Waals surface area contributed by atoms with Crippen LogP contribution in [0.4, 0.5) is 0 Å². The fourth-order valence-electron chi connectivity index (χ4n) is 1.54. The van der Waals surface area contributed by atoms with E-state index < -0.39 is 0 Å². The third-order valence-electron chi connectivity index (χ3n) is 2.72. The van der Waals surface area contributed by atoms with Gasteiger partial charge >= 0.3 is 0 Å². The van der Waals surface area contributed by atoms with Gasteiger partial charge in [0.15, 0.2) is 0 Å². The highest BCUT2D eigenvalue weighted by Crippen LogP contribution is 2.24. The predicted molar refractivity (Wildman–Crippen MR) is 57.8 cm³/mol. The Balaban J connectivity index is 2.69. The maximum Gasteiger partial charge on any atom is 0.0883 e. The summed E-state index contributed by atoms with van der Waals surface area (Å²) in [5, 5.41) is 1.95. The molecule has 2 rings (SSSR count). The molecule has 2 heteroatoms. The standard InChI is InChI=1S/C12H14N2/c1-3-12(2)6-4-5-10-11(9-12)14-8-7-13-10/h4-9H,3H2,1-2H3. The van der Waals surface area contributed by atoms with Gasteiger partial charge in [-0.3, -0.25) is 9.97 Å². The molecule has 1 aliphatic carbocycles. The molecule has 0 fully saturated rings. The van der Waals surface area contributed by atoms with Crippen molar-refractivity contribution in [1.29, 1.82) is 0 Å². The molecule has 72 valence electrons. The average Bonchev–Trinajstić information content (AvgIpc) is 2.37. The third kappa shape index (κ3) is 1.60. The molecular weight excluding hydrogens is 172 g/mol. The molecule has 14 heavy (non-hydrogen) atoms. The Morgan fingerprint density at radius 3 is 2.64 bits per heavy atom. The van der Waals surface area contributed by atoms with Gasteiger partial charge < -0.3 is 0 Å². The zero-order valence-corrected chi connectivity index (χ0v) is 8.57. The zero-order valence-electron chi connectivity index (χ0n) is 8.57. The molecule has 0 radical (unpaired) electrons. The lowest BCUT2D eigenvalue weighted by atomic mass is 9.87. The molecule has 0 saturated carbocycles. The first-order valence-electron chi connectivity index (χ1n) is 4.93. The van der Waals surface area contributed by atoms with E-state index in [0.717, 1.165) is 17.1 Å². The van der Waals surface area contributed by atoms with E-state index in [-0.39, 0.29) is 5.41 Å². The molecule has 0 spiro atoms. The third-order valence-corrected chi connectivity index (χ3v) is 2.72. The molecule has 0 aromatic carbocycles. The van der Waals surface area contributed by atoms with E-state index >= 15 is 0 Å². The van der Waals surface area contributed by atoms with E-state index in [1.54, 1.807) is 12.4 Å². The topological polar surface area (TPSA) is 25.8 Å². The van der Waals surface area contributed by atoms with Crippen molar-refractivity contribution in [3.63, 3.8) is 0 Å². The van der Waals surface area contributed by atoms with Gasteiger partial charge in [-0.2, -0.15) is 0 Å². The van der Waals surface area contributed by atoms with Crippen molar-refractivity contribution in [2.45, 2.75) is 20.3 Å². The highest BCUT2D eigenvalue weighted by atomic mass is 14.8. The second kappa shape index (κ2) is 3.37. The Bertz CT molecular complexity index is 473. The largest absolute Gasteiger partial charge is 0.253 e. The highest BCUT2D eigenvalue weighted by molar-refractivity contribution is 5.45. The Morgan fingerprint density at radius 2 is 1.93 bits per heavy atom. The quantitative estimate of drug-likeness (QED) is 0.654. The Kier molecular flexibility index (Phi) is 2.20. The van der Waals surface area contributed by atoms with E-state index in [2.05, 4.69) is 42.0 Å². The van der Waals surface area contributed by atoms with Crippen LogP contribution in [-0.4, -0.2) is 9.97 Å². The minimum Gasteiger partial charge on any atom is -0.253 e. The van der Waals surface area contributed by atoms with E-state index in [0.29, 0.717) is 0 Å². The van der Waals surface area contributed by atoms with E-state index in [9.17, 15) is 0 Å². The summed E-state index contributed by atoms with van der Waals surface area (Å²) in [6.07, 6.45) is 13.0. The van der Waals surface area contributed by atoms with E-state index in [1.807, 2.05) is 6.08 Å². The second-order valence-electron chi connectivity index (χ2n) is 3.86. The maximum absolute atomic E-state index is 4.33. The summed E-state index contributed by atoms with van der Waals surface area (Å²) >= 11 is 0. The molecule has 0 bridgehead atoms. The van der Waals surface area contributed by atoms with Crippen LogP contribution in [0.2, 0.25) is 0 Å². The number of nitrogens with zero attached hydrogens (tertiary/aromatic N) is 2. The summed E-state index contributed by atoms with van der Waals surface area (Å²) < 4.78 is 0. The average molecular weight is 186 g/mol. The Hall–Kier alpha value is -1.44. The smallest absolute Gasteiger partial charge is 0.0883 e. The summed E-state index contributed by atoms with van der Waals surface area (Å²) in [5.41, 5.74) is 0.109. The zero-order chi connectivity index (χ0) is 10.0. The van der Waals surface area contributed by atoms with Crippen molar-refractivity contribution >= 4 is 12.2 Å². The number of allylic oxidation sites excluding steroid dienone is 2. The molecule has 1 unspecified atom stereocenters. The molecule has 0 saturated heterocycles. The van der Waals surface area contributed by atoms with Crippen molar-refractivity contribution in [3.8, 4) is 0 Å². The van der Waals surface area contributed by atoms with Crippen molar-refractivity contribution in [2.75, 3.05) is 0 Å². The van der Waals surface area contributed by atoms with Gasteiger partial charge in [0.05, 0.1) is 10.7 Å². The summed E-state index contributed by atoms with van der Waals surface area (Å²) in [6, 6.07) is 0. The summed E-state index contributed by atoms with van der Waals surface area (Å²) in [4.78, 5) is 8.61. The molecular formula is C12H14N2. The van der Waals surface area contributed by atoms with Crippen LogP contribution in [0.5, 0.6) is 0 Å². The number of aromatic nitrogens is 2. The number of hydrogen-bond acceptors (Lipinski definition) is 2. The van der Waals surface area contributed by atoms with Crippen molar-refractivity contribution in [2.24, 2.45) is 5.41 Å². The molecule has 1 aromatic rings. The van der Waals surface area contributed by atoms with Crippen molar-refractivity contribution in [3.05, 3.63) is 35.2 Å². The van der Waals surface area contributed by atoms with Crippen LogP contribution in [0.25, 0.3) is 12.2 Å². The predicted octanol–water partition coefficient (Wildman–Crippen LogP) is 1.02. The number of rotatable bonds is 1. The SMILES string of the molecule is CCC1(C)C=CC=c2nccnc2=C1. The van der Waals surface area contributed by atoms with E-state index in [4.69, 9.17) is 0 Å². The monoisotopic (exact) mass is 186 g/mol. The summed E-state index contributed by atoms with van der Waals surface area (Å²) in [6.45, 7) is 4.39. The first-order chi connectivity index (χ1) is 6.73. The molecule has 1 aliphatic rings. The molecule has 2 nitrogen and oxygen atoms in total. The minimum absolute atomic E-state index is 0.109. The Morgan fingerprint density at radius 1 is 1.21 bits per heavy atom. The second-order valence-corrected chi connectivity index (χ2v) is 3.86. The highest BCUT2D eigenvalue weighted by Gasteiger charge is 2.15. The Labute approximate surface area is 83.7 Å². The first kappa shape index (κ1) is 9.13. The van der Waals surface area contributed by atoms with Gasteiger partial charge in [-0.05, 0) is 18.6 Å². The summed E-state index contributed by atoms with van der Waals surface area (Å²) in [5.74, 6) is 0. The number of hydrogen-bond donors (Lipinski definition) is 0. The van der Waals surface area contributed by atoms with Crippen LogP contribution < -0.4 is 10.7 Å². The van der Waals surface area contributed by atoms with Gasteiger partial charge in [0, 0.05) is 17.8 Å². The van der Waals surface area contributed by atoms with Crippen LogP contribution in [0.1, 0.15) is 20.3 Å². The molecule has 0 amide bonds. The van der Waals surface area contributed by atoms with Gasteiger partial charge in [0.1, 0.15) is 0 Å². The molecule has 1 heterocycles. The minimum atomic E-state index is 0.109. The van der Waals surface area contributed by atoms with Gasteiger partial charge in [0.25, 0.3) is 0 Å². The van der Waals surface area contributed by atoms with Crippen molar-refractivity contribution in [1.82, 2.24) is 9.97 Å². The molecule has 1 atom stereocenters. The molecule has 1 aromatic heterocycles. The lowest BCUT2D eigenvalue weighted by molar-refractivity contribution is 0.565. The van der Waals surface area contributed by atoms with Crippen LogP contribution in [0.15, 0.2) is 24.5 Å².